The molecule has 0 aromatic heterocycles. The molecule has 2 rings (SSSR count). The number of para-hydroxylation sites is 2. The largest absolute Gasteiger partial charge is 0.502 e. The van der Waals surface area contributed by atoms with Gasteiger partial charge in [-0.1, -0.05) is 12.1 Å². The van der Waals surface area contributed by atoms with Gasteiger partial charge in [-0.15, -0.1) is 0 Å². The number of carbonyl (C=O) groups is 2. The number of hydrogen-bond acceptors (Lipinski definition) is 10. The zero-order chi connectivity index (χ0) is 23.0. The Morgan fingerprint density at radius 2 is 1.23 bits per heavy atom. The Hall–Kier alpha value is -4.88. The predicted molar refractivity (Wildman–Crippen MR) is 106 cm³/mol. The number of nitro benzene ring substituents is 2. The van der Waals surface area contributed by atoms with Gasteiger partial charge in [0.1, 0.15) is 6.42 Å². The Labute approximate surface area is 172 Å². The van der Waals surface area contributed by atoms with Gasteiger partial charge in [-0.3, -0.25) is 29.8 Å². The van der Waals surface area contributed by atoms with E-state index in [0.29, 0.717) is 0 Å². The number of benzene rings is 2. The average Bonchev–Trinajstić information content (AvgIpc) is 2.70. The number of rotatable bonds is 8. The first-order chi connectivity index (χ1) is 14.7. The van der Waals surface area contributed by atoms with Crippen LogP contribution >= 0.6 is 0 Å². The van der Waals surface area contributed by atoms with E-state index >= 15 is 0 Å². The molecule has 4 N–H and O–H groups in total. The van der Waals surface area contributed by atoms with Gasteiger partial charge >= 0.3 is 11.4 Å². The molecule has 0 aliphatic rings. The number of nitrogens with one attached hydrogen (secondary N) is 2. The third-order valence-electron chi connectivity index (χ3n) is 3.59. The number of nitro groups is 2. The molecule has 2 aromatic carbocycles. The van der Waals surface area contributed by atoms with E-state index in [9.17, 15) is 40.0 Å². The van der Waals surface area contributed by atoms with Crippen LogP contribution < -0.4 is 10.9 Å². The van der Waals surface area contributed by atoms with Crippen molar-refractivity contribution in [3.05, 3.63) is 67.8 Å². The van der Waals surface area contributed by atoms with Gasteiger partial charge in [0.2, 0.25) is 23.3 Å². The summed E-state index contributed by atoms with van der Waals surface area (Å²) in [5.74, 6) is -2.98. The number of nitrogens with zero attached hydrogens (tertiary/aromatic N) is 4. The summed E-state index contributed by atoms with van der Waals surface area (Å²) < 4.78 is 0. The van der Waals surface area contributed by atoms with Crippen molar-refractivity contribution in [1.82, 2.24) is 10.9 Å². The van der Waals surface area contributed by atoms with E-state index in [1.165, 1.54) is 24.3 Å². The average molecular weight is 430 g/mol. The molecular weight excluding hydrogens is 416 g/mol. The number of hydrogen-bond donors (Lipinski definition) is 4. The predicted octanol–water partition coefficient (Wildman–Crippen LogP) is 0.905. The maximum Gasteiger partial charge on any atom is 0.311 e. The molecule has 14 heteroatoms. The minimum atomic E-state index is -0.855. The zero-order valence-corrected chi connectivity index (χ0v) is 15.5. The van der Waals surface area contributed by atoms with Gasteiger partial charge in [0.15, 0.2) is 0 Å². The number of amides is 2. The first-order valence-corrected chi connectivity index (χ1v) is 8.27. The molecule has 0 heterocycles. The second-order valence-electron chi connectivity index (χ2n) is 5.71. The van der Waals surface area contributed by atoms with Crippen LogP contribution in [0.25, 0.3) is 0 Å². The van der Waals surface area contributed by atoms with Crippen LogP contribution in [-0.4, -0.2) is 44.3 Å². The Morgan fingerprint density at radius 1 is 0.839 bits per heavy atom. The monoisotopic (exact) mass is 430 g/mol. The smallest absolute Gasteiger partial charge is 0.311 e. The van der Waals surface area contributed by atoms with E-state index in [2.05, 4.69) is 10.2 Å². The van der Waals surface area contributed by atoms with Crippen LogP contribution in [0.3, 0.4) is 0 Å². The van der Waals surface area contributed by atoms with E-state index in [1.807, 2.05) is 10.9 Å². The minimum Gasteiger partial charge on any atom is -0.502 e. The second kappa shape index (κ2) is 10.1. The summed E-state index contributed by atoms with van der Waals surface area (Å²) in [6, 6.07) is 7.44. The molecule has 0 atom stereocenters. The van der Waals surface area contributed by atoms with Gasteiger partial charge in [-0.05, 0) is 12.1 Å². The summed E-state index contributed by atoms with van der Waals surface area (Å²) in [6.45, 7) is 0. The third-order valence-corrected chi connectivity index (χ3v) is 3.59. The van der Waals surface area contributed by atoms with Crippen LogP contribution in [0.2, 0.25) is 0 Å². The maximum atomic E-state index is 11.7. The van der Waals surface area contributed by atoms with Crippen molar-refractivity contribution in [2.45, 2.75) is 6.42 Å². The molecule has 0 aliphatic carbocycles. The fraction of sp³-hybridized carbons (Fsp3) is 0.0588. The highest BCUT2D eigenvalue weighted by atomic mass is 16.6. The quantitative estimate of drug-likeness (QED) is 0.204. The highest BCUT2D eigenvalue weighted by Gasteiger charge is 2.16. The Balaban J connectivity index is 1.89. The second-order valence-corrected chi connectivity index (χ2v) is 5.71. The van der Waals surface area contributed by atoms with Crippen LogP contribution in [0.15, 0.2) is 46.6 Å². The Morgan fingerprint density at radius 3 is 1.58 bits per heavy atom. The molecule has 2 amide bonds. The number of phenolic OH excluding ortho intramolecular Hbond substituents is 2. The van der Waals surface area contributed by atoms with Crippen molar-refractivity contribution in [1.29, 1.82) is 0 Å². The van der Waals surface area contributed by atoms with Gasteiger partial charge in [-0.2, -0.15) is 10.2 Å². The first kappa shape index (κ1) is 22.4. The van der Waals surface area contributed by atoms with Crippen LogP contribution in [-0.2, 0) is 9.59 Å². The number of phenols is 2. The van der Waals surface area contributed by atoms with Gasteiger partial charge in [-0.25, -0.2) is 10.9 Å². The Bertz CT molecular complexity index is 1010. The molecule has 0 fully saturated rings. The van der Waals surface area contributed by atoms with E-state index < -0.39 is 51.0 Å². The van der Waals surface area contributed by atoms with Crippen molar-refractivity contribution < 1.29 is 29.6 Å². The van der Waals surface area contributed by atoms with Crippen molar-refractivity contribution in [3.8, 4) is 11.5 Å². The summed E-state index contributed by atoms with van der Waals surface area (Å²) in [4.78, 5) is 43.3. The van der Waals surface area contributed by atoms with Gasteiger partial charge in [0, 0.05) is 23.3 Å². The highest BCUT2D eigenvalue weighted by Crippen LogP contribution is 2.28. The van der Waals surface area contributed by atoms with Crippen molar-refractivity contribution in [2.75, 3.05) is 0 Å². The molecule has 0 aliphatic heterocycles. The molecular formula is C17H14N6O8. The summed E-state index contributed by atoms with van der Waals surface area (Å²) in [5.41, 5.74) is 2.86. The van der Waals surface area contributed by atoms with Crippen molar-refractivity contribution >= 4 is 35.6 Å². The normalized spacial score (nSPS) is 10.8. The van der Waals surface area contributed by atoms with E-state index in [1.54, 1.807) is 0 Å². The standard InChI is InChI=1S/C17H14N6O8/c24-14(20-18-8-10-3-1-5-12(16(10)26)22(28)29)7-15(25)21-19-9-11-4-2-6-13(17(11)27)23(30)31/h1-6,8-9,26-27H,7H2,(H,20,24)(H,21,25)/b18-8+,19-9+. The van der Waals surface area contributed by atoms with Crippen LogP contribution in [0.5, 0.6) is 11.5 Å². The molecule has 160 valence electrons. The lowest BCUT2D eigenvalue weighted by Crippen LogP contribution is -2.27. The third kappa shape index (κ3) is 6.05. The molecule has 14 nitrogen and oxygen atoms in total. The summed E-state index contributed by atoms with van der Waals surface area (Å²) >= 11 is 0. The van der Waals surface area contributed by atoms with Crippen molar-refractivity contribution in [3.63, 3.8) is 0 Å². The van der Waals surface area contributed by atoms with E-state index in [4.69, 9.17) is 0 Å². The summed E-state index contributed by atoms with van der Waals surface area (Å²) in [7, 11) is 0. The Kier molecular flexibility index (Phi) is 7.27. The molecule has 31 heavy (non-hydrogen) atoms. The molecule has 0 unspecified atom stereocenters. The van der Waals surface area contributed by atoms with Gasteiger partial charge in [0.25, 0.3) is 0 Å². The van der Waals surface area contributed by atoms with Crippen LogP contribution in [0.1, 0.15) is 17.5 Å². The van der Waals surface area contributed by atoms with Crippen LogP contribution in [0, 0.1) is 20.2 Å². The van der Waals surface area contributed by atoms with Crippen LogP contribution in [0.4, 0.5) is 11.4 Å². The highest BCUT2D eigenvalue weighted by molar-refractivity contribution is 5.97. The lowest BCUT2D eigenvalue weighted by Gasteiger charge is -2.01. The van der Waals surface area contributed by atoms with Crippen molar-refractivity contribution in [2.24, 2.45) is 10.2 Å². The summed E-state index contributed by atoms with van der Waals surface area (Å²) in [6.07, 6.45) is 1.22. The number of hydrazone groups is 2. The molecule has 0 bridgehead atoms. The van der Waals surface area contributed by atoms with E-state index in [0.717, 1.165) is 24.6 Å². The van der Waals surface area contributed by atoms with Gasteiger partial charge in [0.05, 0.1) is 22.3 Å². The summed E-state index contributed by atoms with van der Waals surface area (Å²) in [5, 5.41) is 48.0. The minimum absolute atomic E-state index is 0.0275. The van der Waals surface area contributed by atoms with E-state index in [-0.39, 0.29) is 11.1 Å². The molecule has 0 spiro atoms. The van der Waals surface area contributed by atoms with Gasteiger partial charge < -0.3 is 10.2 Å². The topological polar surface area (TPSA) is 210 Å². The number of carbonyl (C=O) groups excluding carboxylic acids is 2. The lowest BCUT2D eigenvalue weighted by molar-refractivity contribution is -0.386. The number of aromatic hydroxyl groups is 2. The maximum absolute atomic E-state index is 11.7. The molecule has 0 saturated heterocycles. The first-order valence-electron chi connectivity index (χ1n) is 8.27. The molecule has 0 saturated carbocycles. The zero-order valence-electron chi connectivity index (χ0n) is 15.5. The fourth-order valence-corrected chi connectivity index (χ4v) is 2.17. The molecule has 2 aromatic rings. The molecule has 0 radical (unpaired) electrons. The SMILES string of the molecule is O=C(CC(=O)N/N=C/c1cccc([N+](=O)[O-])c1O)N/N=C/c1cccc([N+](=O)[O-])c1O. The lowest BCUT2D eigenvalue weighted by atomic mass is 10.2. The fourth-order valence-electron chi connectivity index (χ4n) is 2.17.